The van der Waals surface area contributed by atoms with Gasteiger partial charge in [0.2, 0.25) is 0 Å². The number of aromatic nitrogens is 1. The summed E-state index contributed by atoms with van der Waals surface area (Å²) in [5, 5.41) is 10.3. The Morgan fingerprint density at radius 1 is 1.40 bits per heavy atom. The molecule has 0 atom stereocenters. The van der Waals surface area contributed by atoms with E-state index in [-0.39, 0.29) is 6.61 Å². The Hall–Kier alpha value is -1.48. The summed E-state index contributed by atoms with van der Waals surface area (Å²) >= 11 is 0. The molecule has 1 aromatic carbocycles. The van der Waals surface area contributed by atoms with Crippen LogP contribution in [0.2, 0.25) is 0 Å². The van der Waals surface area contributed by atoms with E-state index in [1.165, 1.54) is 0 Å². The van der Waals surface area contributed by atoms with Crippen molar-refractivity contribution in [1.29, 1.82) is 0 Å². The lowest BCUT2D eigenvalue weighted by molar-refractivity contribution is 0.272. The fourth-order valence-electron chi connectivity index (χ4n) is 1.99. The first-order chi connectivity index (χ1) is 7.31. The van der Waals surface area contributed by atoms with Crippen molar-refractivity contribution in [1.82, 2.24) is 4.57 Å². The summed E-state index contributed by atoms with van der Waals surface area (Å²) < 4.78 is 7.38. The molecule has 0 radical (unpaired) electrons. The zero-order chi connectivity index (χ0) is 10.8. The molecule has 3 heteroatoms. The number of hydrogen-bond acceptors (Lipinski definition) is 2. The van der Waals surface area contributed by atoms with Crippen molar-refractivity contribution in [3.8, 4) is 5.75 Å². The number of aliphatic hydroxyl groups excluding tert-OH is 1. The third-order valence-electron chi connectivity index (χ3n) is 2.69. The van der Waals surface area contributed by atoms with Gasteiger partial charge in [-0.1, -0.05) is 6.07 Å². The van der Waals surface area contributed by atoms with Crippen molar-refractivity contribution in [3.63, 3.8) is 0 Å². The van der Waals surface area contributed by atoms with Crippen LogP contribution >= 0.6 is 0 Å². The SMILES string of the molecule is CCn1c(CO)cc2c(OC)cccc21. The van der Waals surface area contributed by atoms with Gasteiger partial charge in [-0.3, -0.25) is 0 Å². The van der Waals surface area contributed by atoms with Crippen LogP contribution in [0.25, 0.3) is 10.9 Å². The second kappa shape index (κ2) is 3.95. The van der Waals surface area contributed by atoms with Crippen LogP contribution in [0, 0.1) is 0 Å². The zero-order valence-electron chi connectivity index (χ0n) is 9.03. The van der Waals surface area contributed by atoms with E-state index in [2.05, 4.69) is 11.5 Å². The molecular weight excluding hydrogens is 190 g/mol. The van der Waals surface area contributed by atoms with E-state index in [1.807, 2.05) is 24.3 Å². The standard InChI is InChI=1S/C12H15NO2/c1-3-13-9(8-14)7-10-11(13)5-4-6-12(10)15-2/h4-7,14H,3,8H2,1-2H3. The van der Waals surface area contributed by atoms with Crippen LogP contribution in [0.5, 0.6) is 5.75 Å². The topological polar surface area (TPSA) is 34.4 Å². The molecule has 80 valence electrons. The molecule has 0 fully saturated rings. The quantitative estimate of drug-likeness (QED) is 0.833. The maximum absolute atomic E-state index is 9.25. The average Bonchev–Trinajstić information content (AvgIpc) is 2.66. The molecule has 0 unspecified atom stereocenters. The second-order valence-corrected chi connectivity index (χ2v) is 3.43. The van der Waals surface area contributed by atoms with Gasteiger partial charge in [0.1, 0.15) is 5.75 Å². The Kier molecular flexibility index (Phi) is 2.64. The Morgan fingerprint density at radius 2 is 2.20 bits per heavy atom. The molecule has 0 saturated carbocycles. The van der Waals surface area contributed by atoms with Crippen molar-refractivity contribution in [2.45, 2.75) is 20.1 Å². The summed E-state index contributed by atoms with van der Waals surface area (Å²) in [6.07, 6.45) is 0. The van der Waals surface area contributed by atoms with Crippen LogP contribution in [-0.4, -0.2) is 16.8 Å². The molecule has 0 aliphatic rings. The van der Waals surface area contributed by atoms with E-state index in [1.54, 1.807) is 7.11 Å². The van der Waals surface area contributed by atoms with Crippen LogP contribution in [0.1, 0.15) is 12.6 Å². The van der Waals surface area contributed by atoms with Crippen molar-refractivity contribution >= 4 is 10.9 Å². The summed E-state index contributed by atoms with van der Waals surface area (Å²) in [6, 6.07) is 7.93. The Morgan fingerprint density at radius 3 is 2.80 bits per heavy atom. The van der Waals surface area contributed by atoms with Gasteiger partial charge < -0.3 is 14.4 Å². The van der Waals surface area contributed by atoms with E-state index < -0.39 is 0 Å². The highest BCUT2D eigenvalue weighted by molar-refractivity contribution is 5.87. The predicted octanol–water partition coefficient (Wildman–Crippen LogP) is 2.16. The number of hydrogen-bond donors (Lipinski definition) is 1. The lowest BCUT2D eigenvalue weighted by atomic mass is 10.2. The van der Waals surface area contributed by atoms with Crippen molar-refractivity contribution in [2.75, 3.05) is 7.11 Å². The number of rotatable bonds is 3. The zero-order valence-corrected chi connectivity index (χ0v) is 9.03. The van der Waals surface area contributed by atoms with Gasteiger partial charge in [0.05, 0.1) is 19.2 Å². The minimum atomic E-state index is 0.0612. The Labute approximate surface area is 88.9 Å². The van der Waals surface area contributed by atoms with E-state index in [0.29, 0.717) is 0 Å². The van der Waals surface area contributed by atoms with Gasteiger partial charge in [-0.05, 0) is 25.1 Å². The fraction of sp³-hybridized carbons (Fsp3) is 0.333. The maximum Gasteiger partial charge on any atom is 0.128 e. The minimum absolute atomic E-state index is 0.0612. The van der Waals surface area contributed by atoms with Gasteiger partial charge >= 0.3 is 0 Å². The highest BCUT2D eigenvalue weighted by Crippen LogP contribution is 2.28. The number of aliphatic hydroxyl groups is 1. The van der Waals surface area contributed by atoms with Crippen LogP contribution in [0.3, 0.4) is 0 Å². The number of aryl methyl sites for hydroxylation is 1. The summed E-state index contributed by atoms with van der Waals surface area (Å²) in [5.74, 6) is 0.856. The van der Waals surface area contributed by atoms with E-state index in [0.717, 1.165) is 28.9 Å². The first-order valence-corrected chi connectivity index (χ1v) is 5.07. The third-order valence-corrected chi connectivity index (χ3v) is 2.69. The number of fused-ring (bicyclic) bond motifs is 1. The summed E-state index contributed by atoms with van der Waals surface area (Å²) in [5.41, 5.74) is 2.04. The van der Waals surface area contributed by atoms with Gasteiger partial charge in [0, 0.05) is 17.6 Å². The Balaban J connectivity index is 2.75. The summed E-state index contributed by atoms with van der Waals surface area (Å²) in [7, 11) is 1.66. The Bertz CT molecular complexity index is 474. The highest BCUT2D eigenvalue weighted by atomic mass is 16.5. The fourth-order valence-corrected chi connectivity index (χ4v) is 1.99. The normalized spacial score (nSPS) is 10.9. The highest BCUT2D eigenvalue weighted by Gasteiger charge is 2.09. The molecule has 2 aromatic rings. The molecule has 0 aliphatic carbocycles. The molecular formula is C12H15NO2. The van der Waals surface area contributed by atoms with E-state index in [9.17, 15) is 5.11 Å². The van der Waals surface area contributed by atoms with Gasteiger partial charge in [-0.2, -0.15) is 0 Å². The molecule has 3 nitrogen and oxygen atoms in total. The lowest BCUT2D eigenvalue weighted by Gasteiger charge is -2.05. The third kappa shape index (κ3) is 1.49. The molecule has 1 aromatic heterocycles. The molecule has 0 saturated heterocycles. The van der Waals surface area contributed by atoms with Gasteiger partial charge in [0.15, 0.2) is 0 Å². The average molecular weight is 205 g/mol. The smallest absolute Gasteiger partial charge is 0.128 e. The maximum atomic E-state index is 9.25. The van der Waals surface area contributed by atoms with Crippen LogP contribution < -0.4 is 4.74 Å². The molecule has 0 amide bonds. The number of ether oxygens (including phenoxy) is 1. The van der Waals surface area contributed by atoms with Gasteiger partial charge in [0.25, 0.3) is 0 Å². The minimum Gasteiger partial charge on any atom is -0.496 e. The number of nitrogens with zero attached hydrogens (tertiary/aromatic N) is 1. The molecule has 2 rings (SSSR count). The molecule has 0 bridgehead atoms. The van der Waals surface area contributed by atoms with Crippen LogP contribution in [0.4, 0.5) is 0 Å². The first kappa shape index (κ1) is 10.1. The van der Waals surface area contributed by atoms with Gasteiger partial charge in [-0.25, -0.2) is 0 Å². The molecule has 1 N–H and O–H groups in total. The van der Waals surface area contributed by atoms with Crippen molar-refractivity contribution < 1.29 is 9.84 Å². The van der Waals surface area contributed by atoms with Crippen LogP contribution in [-0.2, 0) is 13.2 Å². The van der Waals surface area contributed by atoms with E-state index >= 15 is 0 Å². The monoisotopic (exact) mass is 205 g/mol. The second-order valence-electron chi connectivity index (χ2n) is 3.43. The summed E-state index contributed by atoms with van der Waals surface area (Å²) in [4.78, 5) is 0. The predicted molar refractivity (Wildman–Crippen MR) is 60.1 cm³/mol. The molecule has 0 aliphatic heterocycles. The van der Waals surface area contributed by atoms with Crippen molar-refractivity contribution in [3.05, 3.63) is 30.0 Å². The largest absolute Gasteiger partial charge is 0.496 e. The van der Waals surface area contributed by atoms with Gasteiger partial charge in [-0.15, -0.1) is 0 Å². The summed E-state index contributed by atoms with van der Waals surface area (Å²) in [6.45, 7) is 2.98. The van der Waals surface area contributed by atoms with E-state index in [4.69, 9.17) is 4.74 Å². The number of methoxy groups -OCH3 is 1. The van der Waals surface area contributed by atoms with Crippen molar-refractivity contribution in [2.24, 2.45) is 0 Å². The molecule has 1 heterocycles. The molecule has 0 spiro atoms. The number of benzene rings is 1. The van der Waals surface area contributed by atoms with Crippen LogP contribution in [0.15, 0.2) is 24.3 Å². The first-order valence-electron chi connectivity index (χ1n) is 5.07. The lowest BCUT2D eigenvalue weighted by Crippen LogP contribution is -1.99. The molecule has 15 heavy (non-hydrogen) atoms.